The van der Waals surface area contributed by atoms with Gasteiger partial charge in [0.25, 0.3) is 20.2 Å². The van der Waals surface area contributed by atoms with Crippen LogP contribution in [0.5, 0.6) is 0 Å². The van der Waals surface area contributed by atoms with E-state index in [1.54, 1.807) is 20.8 Å². The maximum atomic E-state index is 18.3. The minimum atomic E-state index is -4.44. The largest absolute Gasteiger partial charge is 0.458 e. The summed E-state index contributed by atoms with van der Waals surface area (Å²) in [6.07, 6.45) is -4.80. The highest BCUT2D eigenvalue weighted by atomic mass is 32.2. The third kappa shape index (κ3) is 4.82. The summed E-state index contributed by atoms with van der Waals surface area (Å²) < 4.78 is 97.2. The maximum absolute atomic E-state index is 18.3. The molecule has 10 atom stereocenters. The van der Waals surface area contributed by atoms with Gasteiger partial charge in [0.05, 0.1) is 24.7 Å². The maximum Gasteiger partial charge on any atom is 0.303 e. The Hall–Kier alpha value is -1.82. The van der Waals surface area contributed by atoms with Crippen LogP contribution in [0.3, 0.4) is 0 Å². The van der Waals surface area contributed by atoms with E-state index in [9.17, 15) is 36.3 Å². The Balaban J connectivity index is 1.76. The van der Waals surface area contributed by atoms with Crippen LogP contribution in [0.25, 0.3) is 0 Å². The fourth-order valence-electron chi connectivity index (χ4n) is 9.02. The van der Waals surface area contributed by atoms with Crippen LogP contribution >= 0.6 is 0 Å². The van der Waals surface area contributed by atoms with Crippen LogP contribution in [0.4, 0.5) is 4.39 Å². The number of Topliss-reactive ketones (excluding diaryl/α,β-unsaturated/α-hetero) is 1. The lowest BCUT2D eigenvalue weighted by atomic mass is 9.42. The highest BCUT2D eigenvalue weighted by molar-refractivity contribution is 7.86. The molecule has 5 rings (SSSR count). The molecule has 4 aliphatic carbocycles. The lowest BCUT2D eigenvalue weighted by Gasteiger charge is -2.66. The van der Waals surface area contributed by atoms with Crippen molar-refractivity contribution in [1.29, 1.82) is 0 Å². The van der Waals surface area contributed by atoms with E-state index in [2.05, 4.69) is 0 Å². The SMILES string of the molecule is CC(=O)OCC(=O)[C@@]12OC(C)(C)O[C@@H]1C[C@H]1[C@@H]3[C@@H](OS(C)(=O)=O)[C@@H](OS(C)(=O)=O)C4=CC(=O)CC[C@]4(C)[C@@]3(F)[C@@H](O)C[C@@]12C. The Labute approximate surface area is 256 Å². The number of ether oxygens (including phenoxy) is 3. The minimum absolute atomic E-state index is 0.0852. The Morgan fingerprint density at radius 3 is 2.27 bits per heavy atom. The number of hydrogen-bond donors (Lipinski definition) is 1. The lowest BCUT2D eigenvalue weighted by Crippen LogP contribution is -2.75. The first-order valence-electron chi connectivity index (χ1n) is 14.3. The molecular weight excluding hydrogens is 627 g/mol. The Morgan fingerprint density at radius 2 is 1.70 bits per heavy atom. The summed E-state index contributed by atoms with van der Waals surface area (Å²) in [5.41, 5.74) is -7.88. The van der Waals surface area contributed by atoms with Crippen LogP contribution < -0.4 is 0 Å². The van der Waals surface area contributed by atoms with Gasteiger partial charge in [-0.3, -0.25) is 22.7 Å². The molecule has 0 bridgehead atoms. The predicted molar refractivity (Wildman–Crippen MR) is 148 cm³/mol. The highest BCUT2D eigenvalue weighted by Crippen LogP contribution is 2.73. The molecule has 1 heterocycles. The number of halogens is 1. The average molecular weight is 667 g/mol. The lowest BCUT2D eigenvalue weighted by molar-refractivity contribution is -0.270. The summed E-state index contributed by atoms with van der Waals surface area (Å²) in [5, 5.41) is 11.9. The zero-order chi connectivity index (χ0) is 33.1. The van der Waals surface area contributed by atoms with E-state index < -0.39 is 109 Å². The van der Waals surface area contributed by atoms with Crippen LogP contribution in [0.2, 0.25) is 0 Å². The van der Waals surface area contributed by atoms with Crippen molar-refractivity contribution in [3.63, 3.8) is 0 Å². The van der Waals surface area contributed by atoms with Gasteiger partial charge in [0.15, 0.2) is 29.4 Å². The molecule has 0 aromatic rings. The monoisotopic (exact) mass is 666 g/mol. The van der Waals surface area contributed by atoms with Gasteiger partial charge in [-0.15, -0.1) is 0 Å². The second kappa shape index (κ2) is 10.1. The van der Waals surface area contributed by atoms with Crippen LogP contribution in [-0.2, 0) is 57.2 Å². The van der Waals surface area contributed by atoms with Crippen molar-refractivity contribution in [2.45, 2.75) is 102 Å². The van der Waals surface area contributed by atoms with E-state index >= 15 is 4.39 Å². The van der Waals surface area contributed by atoms with Crippen molar-refractivity contribution in [2.24, 2.45) is 22.7 Å². The smallest absolute Gasteiger partial charge is 0.303 e. The molecule has 44 heavy (non-hydrogen) atoms. The van der Waals surface area contributed by atoms with E-state index in [0.29, 0.717) is 6.26 Å². The van der Waals surface area contributed by atoms with Gasteiger partial charge in [0, 0.05) is 30.1 Å². The van der Waals surface area contributed by atoms with Crippen LogP contribution in [0.1, 0.15) is 60.3 Å². The van der Waals surface area contributed by atoms with Crippen LogP contribution in [0, 0.1) is 22.7 Å². The molecular formula is C28H39FO13S2. The molecule has 5 aliphatic rings. The molecule has 0 spiro atoms. The molecule has 13 nitrogen and oxygen atoms in total. The van der Waals surface area contributed by atoms with Gasteiger partial charge in [0.2, 0.25) is 5.78 Å². The Morgan fingerprint density at radius 1 is 1.09 bits per heavy atom. The minimum Gasteiger partial charge on any atom is -0.458 e. The molecule has 0 unspecified atom stereocenters. The van der Waals surface area contributed by atoms with Gasteiger partial charge < -0.3 is 19.3 Å². The molecule has 3 saturated carbocycles. The Bertz CT molecular complexity index is 1540. The highest BCUT2D eigenvalue weighted by Gasteiger charge is 2.82. The number of ketones is 2. The second-order valence-corrected chi connectivity index (χ2v) is 16.9. The molecule has 248 valence electrons. The summed E-state index contributed by atoms with van der Waals surface area (Å²) in [6.45, 7) is 6.62. The molecule has 0 aromatic heterocycles. The number of hydrogen-bond acceptors (Lipinski definition) is 13. The van der Waals surface area contributed by atoms with Crippen molar-refractivity contribution in [3.05, 3.63) is 11.6 Å². The number of alkyl halides is 1. The summed E-state index contributed by atoms with van der Waals surface area (Å²) in [7, 11) is -8.79. The summed E-state index contributed by atoms with van der Waals surface area (Å²) in [4.78, 5) is 38.3. The topological polar surface area (TPSA) is 186 Å². The van der Waals surface area contributed by atoms with Crippen molar-refractivity contribution in [3.8, 4) is 0 Å². The van der Waals surface area contributed by atoms with Crippen molar-refractivity contribution in [1.82, 2.24) is 0 Å². The molecule has 0 amide bonds. The summed E-state index contributed by atoms with van der Waals surface area (Å²) >= 11 is 0. The first-order chi connectivity index (χ1) is 19.9. The number of aliphatic hydroxyl groups excluding tert-OH is 1. The first-order valence-corrected chi connectivity index (χ1v) is 18.0. The number of rotatable bonds is 7. The third-order valence-electron chi connectivity index (χ3n) is 10.5. The second-order valence-electron chi connectivity index (χ2n) is 13.7. The molecule has 16 heteroatoms. The number of carbonyl (C=O) groups excluding carboxylic acids is 3. The fraction of sp³-hybridized carbons (Fsp3) is 0.821. The average Bonchev–Trinajstić information content (AvgIpc) is 3.26. The predicted octanol–water partition coefficient (Wildman–Crippen LogP) is 1.12. The molecule has 4 fully saturated rings. The van der Waals surface area contributed by atoms with Gasteiger partial charge >= 0.3 is 5.97 Å². The van der Waals surface area contributed by atoms with E-state index in [-0.39, 0.29) is 31.3 Å². The van der Waals surface area contributed by atoms with Crippen molar-refractivity contribution < 1.29 is 63.3 Å². The van der Waals surface area contributed by atoms with Gasteiger partial charge in [-0.1, -0.05) is 13.8 Å². The van der Waals surface area contributed by atoms with Gasteiger partial charge in [-0.05, 0) is 50.7 Å². The van der Waals surface area contributed by atoms with Crippen molar-refractivity contribution in [2.75, 3.05) is 19.1 Å². The Kier molecular flexibility index (Phi) is 7.69. The third-order valence-corrected chi connectivity index (χ3v) is 11.6. The molecule has 1 saturated heterocycles. The molecule has 1 aliphatic heterocycles. The number of aliphatic hydroxyl groups is 1. The van der Waals surface area contributed by atoms with E-state index in [0.717, 1.165) is 19.3 Å². The molecule has 0 radical (unpaired) electrons. The molecule has 0 aromatic carbocycles. The van der Waals surface area contributed by atoms with Crippen LogP contribution in [-0.4, -0.2) is 100 Å². The fourth-order valence-corrected chi connectivity index (χ4v) is 10.2. The number of esters is 1. The van der Waals surface area contributed by atoms with Crippen molar-refractivity contribution >= 4 is 37.8 Å². The standard InChI is InChI=1S/C28H39FO13S2/c1-14(30)38-13-19(33)28-20(39-24(2,3)42-28)11-16-21-23(41-44(7,36)37)22(40-43(6,34)35)17-10-15(31)8-9-25(17,4)27(21,29)18(32)12-26(16,28)5/h10,16,18,20-23,32H,8-9,11-13H2,1-7H3/t16-,18-,20+,21+,22-,23+,25-,26-,27+,28+/m0/s1. The zero-order valence-corrected chi connectivity index (χ0v) is 27.3. The van der Waals surface area contributed by atoms with Gasteiger partial charge in [0.1, 0.15) is 12.2 Å². The van der Waals surface area contributed by atoms with Gasteiger partial charge in [-0.2, -0.15) is 16.8 Å². The zero-order valence-electron chi connectivity index (χ0n) is 25.6. The summed E-state index contributed by atoms with van der Waals surface area (Å²) in [5.74, 6) is -5.82. The van der Waals surface area contributed by atoms with E-state index in [1.807, 2.05) is 0 Å². The number of carbonyl (C=O) groups is 3. The number of fused-ring (bicyclic) bond motifs is 7. The molecule has 1 N–H and O–H groups in total. The van der Waals surface area contributed by atoms with E-state index in [4.69, 9.17) is 22.6 Å². The van der Waals surface area contributed by atoms with Gasteiger partial charge in [-0.25, -0.2) is 4.39 Å². The summed E-state index contributed by atoms with van der Waals surface area (Å²) in [6, 6.07) is 0. The van der Waals surface area contributed by atoms with Crippen LogP contribution in [0.15, 0.2) is 11.6 Å². The normalized spacial score (nSPS) is 44.6. The van der Waals surface area contributed by atoms with E-state index in [1.165, 1.54) is 6.92 Å². The first kappa shape index (κ1) is 33.5. The quantitative estimate of drug-likeness (QED) is 0.301.